The van der Waals surface area contributed by atoms with Gasteiger partial charge < -0.3 is 0 Å². The molecule has 0 spiro atoms. The Balaban J connectivity index is 2.40. The normalized spacial score (nSPS) is 11.1. The van der Waals surface area contributed by atoms with Crippen molar-refractivity contribution in [3.05, 3.63) is 47.1 Å². The minimum Gasteiger partial charge on any atom is -0.292 e. The van der Waals surface area contributed by atoms with Crippen molar-refractivity contribution < 1.29 is 0 Å². The second kappa shape index (κ2) is 4.07. The zero-order chi connectivity index (χ0) is 12.7. The summed E-state index contributed by atoms with van der Waals surface area (Å²) in [6.45, 7) is 3.74. The average Bonchev–Trinajstić information content (AvgIpc) is 2.66. The van der Waals surface area contributed by atoms with E-state index in [1.807, 2.05) is 48.7 Å². The second-order valence-electron chi connectivity index (χ2n) is 4.06. The van der Waals surface area contributed by atoms with Gasteiger partial charge in [0.25, 0.3) is 0 Å². The first kappa shape index (κ1) is 11.2. The molecule has 0 saturated heterocycles. The van der Waals surface area contributed by atoms with Crippen molar-refractivity contribution in [3.8, 4) is 5.69 Å². The molecule has 4 nitrogen and oxygen atoms in total. The summed E-state index contributed by atoms with van der Waals surface area (Å²) in [4.78, 5) is 12.9. The molecule has 0 N–H and O–H groups in total. The summed E-state index contributed by atoms with van der Waals surface area (Å²) in [5, 5.41) is 0.432. The van der Waals surface area contributed by atoms with Crippen molar-refractivity contribution in [2.75, 3.05) is 0 Å². The van der Waals surface area contributed by atoms with E-state index in [0.29, 0.717) is 16.6 Å². The number of halogens is 1. The Morgan fingerprint density at radius 2 is 1.72 bits per heavy atom. The van der Waals surface area contributed by atoms with Gasteiger partial charge in [-0.25, -0.2) is 15.0 Å². The molecular formula is C13H11ClN4. The number of fused-ring (bicyclic) bond motifs is 1. The van der Waals surface area contributed by atoms with E-state index < -0.39 is 0 Å². The predicted octanol–water partition coefficient (Wildman–Crippen LogP) is 3.09. The molecule has 0 fully saturated rings. The van der Waals surface area contributed by atoms with Crippen molar-refractivity contribution in [2.45, 2.75) is 13.8 Å². The third-order valence-corrected chi connectivity index (χ3v) is 3.03. The van der Waals surface area contributed by atoms with Crippen LogP contribution in [-0.4, -0.2) is 19.5 Å². The van der Waals surface area contributed by atoms with Crippen LogP contribution in [0.25, 0.3) is 16.9 Å². The van der Waals surface area contributed by atoms with Crippen LogP contribution in [0.2, 0.25) is 5.15 Å². The van der Waals surface area contributed by atoms with Crippen LogP contribution in [0.15, 0.2) is 30.3 Å². The Morgan fingerprint density at radius 3 is 2.44 bits per heavy atom. The van der Waals surface area contributed by atoms with Crippen LogP contribution >= 0.6 is 11.6 Å². The van der Waals surface area contributed by atoms with E-state index in [2.05, 4.69) is 15.0 Å². The predicted molar refractivity (Wildman–Crippen MR) is 71.1 cm³/mol. The lowest BCUT2D eigenvalue weighted by atomic mass is 10.3. The van der Waals surface area contributed by atoms with Crippen LogP contribution in [-0.2, 0) is 0 Å². The van der Waals surface area contributed by atoms with Gasteiger partial charge in [-0.1, -0.05) is 29.8 Å². The van der Waals surface area contributed by atoms with Gasteiger partial charge in [-0.3, -0.25) is 4.57 Å². The zero-order valence-corrected chi connectivity index (χ0v) is 10.8. The topological polar surface area (TPSA) is 43.6 Å². The molecule has 0 radical (unpaired) electrons. The van der Waals surface area contributed by atoms with Gasteiger partial charge in [0.05, 0.1) is 0 Å². The number of nitrogens with zero attached hydrogens (tertiary/aromatic N) is 4. The molecule has 2 aromatic heterocycles. The van der Waals surface area contributed by atoms with Gasteiger partial charge in [-0.05, 0) is 26.0 Å². The lowest BCUT2D eigenvalue weighted by Crippen LogP contribution is -1.98. The van der Waals surface area contributed by atoms with Crippen LogP contribution in [0, 0.1) is 13.8 Å². The van der Waals surface area contributed by atoms with Crippen LogP contribution in [0.4, 0.5) is 0 Å². The molecule has 18 heavy (non-hydrogen) atoms. The standard InChI is InChI=1S/C13H11ClN4/c1-8-15-12(14)11-13(16-8)17-9(2)18(11)10-6-4-3-5-7-10/h3-7H,1-2H3. The summed E-state index contributed by atoms with van der Waals surface area (Å²) < 4.78 is 1.97. The fraction of sp³-hybridized carbons (Fsp3) is 0.154. The van der Waals surface area contributed by atoms with Gasteiger partial charge in [0.15, 0.2) is 10.8 Å². The number of benzene rings is 1. The number of aryl methyl sites for hydroxylation is 2. The lowest BCUT2D eigenvalue weighted by molar-refractivity contribution is 0.998. The van der Waals surface area contributed by atoms with E-state index in [0.717, 1.165) is 17.0 Å². The summed E-state index contributed by atoms with van der Waals surface area (Å²) in [7, 11) is 0. The third-order valence-electron chi connectivity index (χ3n) is 2.76. The number of hydrogen-bond acceptors (Lipinski definition) is 3. The molecule has 0 atom stereocenters. The van der Waals surface area contributed by atoms with Crippen molar-refractivity contribution in [1.29, 1.82) is 0 Å². The highest BCUT2D eigenvalue weighted by atomic mass is 35.5. The highest BCUT2D eigenvalue weighted by Gasteiger charge is 2.14. The largest absolute Gasteiger partial charge is 0.292 e. The molecule has 90 valence electrons. The Kier molecular flexibility index (Phi) is 2.52. The van der Waals surface area contributed by atoms with E-state index >= 15 is 0 Å². The van der Waals surface area contributed by atoms with Gasteiger partial charge in [-0.2, -0.15) is 0 Å². The van der Waals surface area contributed by atoms with E-state index in [4.69, 9.17) is 11.6 Å². The minimum absolute atomic E-state index is 0.432. The van der Waals surface area contributed by atoms with Gasteiger partial charge in [0.1, 0.15) is 17.2 Å². The highest BCUT2D eigenvalue weighted by molar-refractivity contribution is 6.33. The molecule has 0 saturated carbocycles. The highest BCUT2D eigenvalue weighted by Crippen LogP contribution is 2.25. The zero-order valence-electron chi connectivity index (χ0n) is 10.1. The van der Waals surface area contributed by atoms with Gasteiger partial charge in [-0.15, -0.1) is 0 Å². The first-order valence-electron chi connectivity index (χ1n) is 5.61. The van der Waals surface area contributed by atoms with E-state index in [-0.39, 0.29) is 0 Å². The molecule has 0 aliphatic rings. The van der Waals surface area contributed by atoms with E-state index in [1.165, 1.54) is 0 Å². The molecule has 3 aromatic rings. The maximum atomic E-state index is 6.22. The third kappa shape index (κ3) is 1.66. The Morgan fingerprint density at radius 1 is 1.00 bits per heavy atom. The van der Waals surface area contributed by atoms with Crippen molar-refractivity contribution >= 4 is 22.8 Å². The Labute approximate surface area is 109 Å². The Bertz CT molecular complexity index is 719. The number of aromatic nitrogens is 4. The number of rotatable bonds is 1. The molecule has 2 heterocycles. The van der Waals surface area contributed by atoms with Crippen molar-refractivity contribution in [2.24, 2.45) is 0 Å². The summed E-state index contributed by atoms with van der Waals surface area (Å²) in [6.07, 6.45) is 0. The summed E-state index contributed by atoms with van der Waals surface area (Å²) in [6, 6.07) is 9.93. The smallest absolute Gasteiger partial charge is 0.183 e. The van der Waals surface area contributed by atoms with E-state index in [9.17, 15) is 0 Å². The van der Waals surface area contributed by atoms with Gasteiger partial charge >= 0.3 is 0 Å². The maximum absolute atomic E-state index is 6.22. The van der Waals surface area contributed by atoms with Crippen LogP contribution in [0.1, 0.15) is 11.6 Å². The second-order valence-corrected chi connectivity index (χ2v) is 4.42. The summed E-state index contributed by atoms with van der Waals surface area (Å²) in [5.41, 5.74) is 2.40. The van der Waals surface area contributed by atoms with E-state index in [1.54, 1.807) is 0 Å². The summed E-state index contributed by atoms with van der Waals surface area (Å²) >= 11 is 6.22. The minimum atomic E-state index is 0.432. The molecule has 0 unspecified atom stereocenters. The number of para-hydroxylation sites is 1. The maximum Gasteiger partial charge on any atom is 0.183 e. The van der Waals surface area contributed by atoms with Crippen molar-refractivity contribution in [1.82, 2.24) is 19.5 Å². The monoisotopic (exact) mass is 258 g/mol. The number of imidazole rings is 1. The lowest BCUT2D eigenvalue weighted by Gasteiger charge is -2.06. The van der Waals surface area contributed by atoms with Crippen LogP contribution < -0.4 is 0 Å². The first-order valence-corrected chi connectivity index (χ1v) is 5.99. The van der Waals surface area contributed by atoms with Crippen molar-refractivity contribution in [3.63, 3.8) is 0 Å². The molecule has 0 aliphatic carbocycles. The first-order chi connectivity index (χ1) is 8.66. The summed E-state index contributed by atoms with van der Waals surface area (Å²) in [5.74, 6) is 1.48. The fourth-order valence-electron chi connectivity index (χ4n) is 2.05. The molecular weight excluding hydrogens is 248 g/mol. The number of hydrogen-bond donors (Lipinski definition) is 0. The molecule has 5 heteroatoms. The molecule has 3 rings (SSSR count). The fourth-order valence-corrected chi connectivity index (χ4v) is 2.34. The molecule has 0 amide bonds. The SMILES string of the molecule is Cc1nc(Cl)c2c(n1)nc(C)n2-c1ccccc1. The molecule has 1 aromatic carbocycles. The van der Waals surface area contributed by atoms with Crippen LogP contribution in [0.3, 0.4) is 0 Å². The van der Waals surface area contributed by atoms with Gasteiger partial charge in [0, 0.05) is 5.69 Å². The Hall–Kier alpha value is -1.94. The van der Waals surface area contributed by atoms with Crippen LogP contribution in [0.5, 0.6) is 0 Å². The van der Waals surface area contributed by atoms with Gasteiger partial charge in [0.2, 0.25) is 0 Å². The quantitative estimate of drug-likeness (QED) is 0.630. The molecule has 0 bridgehead atoms. The molecule has 0 aliphatic heterocycles. The average molecular weight is 259 g/mol.